The molecule has 9 heteroatoms. The molecule has 7 nitrogen and oxygen atoms in total. The van der Waals surface area contributed by atoms with Crippen LogP contribution in [0.2, 0.25) is 5.02 Å². The van der Waals surface area contributed by atoms with E-state index in [9.17, 15) is 9.18 Å². The Morgan fingerprint density at radius 1 is 1.30 bits per heavy atom. The summed E-state index contributed by atoms with van der Waals surface area (Å²) in [6.07, 6.45) is 0.102. The van der Waals surface area contributed by atoms with Gasteiger partial charge >= 0.3 is 0 Å². The van der Waals surface area contributed by atoms with Crippen LogP contribution in [0.1, 0.15) is 29.2 Å². The predicted octanol–water partition coefficient (Wildman–Crippen LogP) is 3.25. The van der Waals surface area contributed by atoms with Crippen LogP contribution in [0, 0.1) is 12.7 Å². The summed E-state index contributed by atoms with van der Waals surface area (Å²) in [4.78, 5) is 12.3. The third kappa shape index (κ3) is 3.02. The van der Waals surface area contributed by atoms with E-state index < -0.39 is 11.7 Å². The van der Waals surface area contributed by atoms with Crippen LogP contribution in [0.15, 0.2) is 30.3 Å². The Morgan fingerprint density at radius 3 is 2.81 bits per heavy atom. The largest absolute Gasteiger partial charge is 0.480 e. The maximum atomic E-state index is 14.5. The monoisotopic (exact) mass is 387 g/mol. The average Bonchev–Trinajstić information content (AvgIpc) is 2.99. The Labute approximate surface area is 159 Å². The first-order valence-electron chi connectivity index (χ1n) is 8.20. The third-order valence-electron chi connectivity index (χ3n) is 4.49. The predicted molar refractivity (Wildman–Crippen MR) is 96.9 cm³/mol. The molecule has 2 aromatic heterocycles. The molecule has 0 spiro atoms. The molecule has 27 heavy (non-hydrogen) atoms. The summed E-state index contributed by atoms with van der Waals surface area (Å²) in [5, 5.41) is 15.7. The van der Waals surface area contributed by atoms with Gasteiger partial charge in [-0.15, -0.1) is 10.2 Å². The second-order valence-corrected chi connectivity index (χ2v) is 6.60. The number of carbonyl (C=O) groups is 1. The smallest absolute Gasteiger partial charge is 0.233 e. The molecule has 0 fully saturated rings. The normalized spacial score (nSPS) is 16.0. The number of ether oxygens (including phenoxy) is 1. The number of benzene rings is 1. The Morgan fingerprint density at radius 2 is 2.11 bits per heavy atom. The van der Waals surface area contributed by atoms with Crippen molar-refractivity contribution in [2.75, 3.05) is 12.4 Å². The molecule has 1 aromatic carbocycles. The quantitative estimate of drug-likeness (QED) is 0.746. The molecule has 0 radical (unpaired) electrons. The van der Waals surface area contributed by atoms with Crippen LogP contribution < -0.4 is 10.1 Å². The highest BCUT2D eigenvalue weighted by molar-refractivity contribution is 6.30. The van der Waals surface area contributed by atoms with E-state index in [1.807, 2.05) is 0 Å². The zero-order chi connectivity index (χ0) is 19.1. The van der Waals surface area contributed by atoms with Gasteiger partial charge in [0.2, 0.25) is 11.8 Å². The summed E-state index contributed by atoms with van der Waals surface area (Å²) < 4.78 is 21.0. The standard InChI is InChI=1S/C18H15ClFN5O2/c1-9-17-12(11-7-10(19)3-4-13(11)20)8-15(26)21-18(17)25(24-9)14-5-6-16(27-2)23-22-14/h3-7,12H,8H2,1-2H3,(H,21,26)/t12-/m1/s1. The first-order chi connectivity index (χ1) is 13.0. The van der Waals surface area contributed by atoms with Crippen molar-refractivity contribution in [3.05, 3.63) is 58.0 Å². The summed E-state index contributed by atoms with van der Waals surface area (Å²) in [7, 11) is 1.49. The number of aryl methyl sites for hydroxylation is 1. The SMILES string of the molecule is COc1ccc(-n2nc(C)c3c2NC(=O)C[C@@H]3c2cc(Cl)ccc2F)nn1. The number of anilines is 1. The van der Waals surface area contributed by atoms with Gasteiger partial charge in [0.05, 0.1) is 12.8 Å². The van der Waals surface area contributed by atoms with Gasteiger partial charge in [-0.2, -0.15) is 9.78 Å². The second kappa shape index (κ2) is 6.62. The lowest BCUT2D eigenvalue weighted by Crippen LogP contribution is -2.25. The molecule has 0 unspecified atom stereocenters. The summed E-state index contributed by atoms with van der Waals surface area (Å²) in [6, 6.07) is 7.65. The third-order valence-corrected chi connectivity index (χ3v) is 4.72. The first-order valence-corrected chi connectivity index (χ1v) is 8.58. The number of nitrogens with zero attached hydrogens (tertiary/aromatic N) is 4. The van der Waals surface area contributed by atoms with E-state index in [1.165, 1.54) is 23.9 Å². The van der Waals surface area contributed by atoms with Crippen LogP contribution in [-0.4, -0.2) is 33.0 Å². The van der Waals surface area contributed by atoms with E-state index in [2.05, 4.69) is 20.6 Å². The Hall–Kier alpha value is -3.00. The molecule has 3 heterocycles. The molecule has 138 valence electrons. The Kier molecular flexibility index (Phi) is 4.27. The van der Waals surface area contributed by atoms with Gasteiger partial charge in [-0.25, -0.2) is 4.39 Å². The highest BCUT2D eigenvalue weighted by atomic mass is 35.5. The number of aromatic nitrogens is 4. The van der Waals surface area contributed by atoms with Gasteiger partial charge in [0.1, 0.15) is 11.6 Å². The van der Waals surface area contributed by atoms with Crippen molar-refractivity contribution in [3.63, 3.8) is 0 Å². The summed E-state index contributed by atoms with van der Waals surface area (Å²) in [5.74, 6) is 0.0722. The molecule has 3 aromatic rings. The number of hydrogen-bond acceptors (Lipinski definition) is 5. The van der Waals surface area contributed by atoms with Crippen molar-refractivity contribution >= 4 is 23.3 Å². The van der Waals surface area contributed by atoms with Crippen molar-refractivity contribution < 1.29 is 13.9 Å². The second-order valence-electron chi connectivity index (χ2n) is 6.16. The highest BCUT2D eigenvalue weighted by Gasteiger charge is 2.34. The van der Waals surface area contributed by atoms with E-state index in [0.717, 1.165) is 5.56 Å². The average molecular weight is 388 g/mol. The lowest BCUT2D eigenvalue weighted by atomic mass is 9.85. The van der Waals surface area contributed by atoms with E-state index in [-0.39, 0.29) is 12.3 Å². The van der Waals surface area contributed by atoms with E-state index in [1.54, 1.807) is 25.1 Å². The van der Waals surface area contributed by atoms with Gasteiger partial charge in [-0.1, -0.05) is 11.6 Å². The topological polar surface area (TPSA) is 81.9 Å². The molecule has 0 saturated carbocycles. The molecule has 1 N–H and O–H groups in total. The van der Waals surface area contributed by atoms with Crippen LogP contribution in [0.4, 0.5) is 10.2 Å². The van der Waals surface area contributed by atoms with Crippen molar-refractivity contribution in [1.29, 1.82) is 0 Å². The van der Waals surface area contributed by atoms with Crippen LogP contribution in [0.5, 0.6) is 5.88 Å². The van der Waals surface area contributed by atoms with Gasteiger partial charge in [0.15, 0.2) is 5.82 Å². The van der Waals surface area contributed by atoms with Gasteiger partial charge in [-0.3, -0.25) is 4.79 Å². The number of carbonyl (C=O) groups excluding carboxylic acids is 1. The van der Waals surface area contributed by atoms with E-state index in [0.29, 0.717) is 33.8 Å². The maximum Gasteiger partial charge on any atom is 0.233 e. The Balaban J connectivity index is 1.86. The molecule has 0 saturated heterocycles. The number of fused-ring (bicyclic) bond motifs is 1. The minimum absolute atomic E-state index is 0.102. The van der Waals surface area contributed by atoms with Crippen LogP contribution in [0.3, 0.4) is 0 Å². The van der Waals surface area contributed by atoms with E-state index >= 15 is 0 Å². The molecule has 1 atom stereocenters. The first kappa shape index (κ1) is 17.4. The van der Waals surface area contributed by atoms with Crippen molar-refractivity contribution in [3.8, 4) is 11.7 Å². The fraction of sp³-hybridized carbons (Fsp3) is 0.222. The molecule has 1 aliphatic rings. The van der Waals surface area contributed by atoms with Gasteiger partial charge in [0, 0.05) is 29.0 Å². The van der Waals surface area contributed by atoms with Crippen LogP contribution >= 0.6 is 11.6 Å². The molecular formula is C18H15ClFN5O2. The summed E-state index contributed by atoms with van der Waals surface area (Å²) >= 11 is 6.05. The molecule has 1 aliphatic heterocycles. The summed E-state index contributed by atoms with van der Waals surface area (Å²) in [6.45, 7) is 1.80. The number of hydrogen-bond donors (Lipinski definition) is 1. The minimum atomic E-state index is -0.493. The molecule has 4 rings (SSSR count). The Bertz CT molecular complexity index is 1030. The van der Waals surface area contributed by atoms with Gasteiger partial charge < -0.3 is 10.1 Å². The van der Waals surface area contributed by atoms with Crippen LogP contribution in [-0.2, 0) is 4.79 Å². The number of amides is 1. The minimum Gasteiger partial charge on any atom is -0.480 e. The van der Waals surface area contributed by atoms with E-state index in [4.69, 9.17) is 16.3 Å². The number of rotatable bonds is 3. The zero-order valence-electron chi connectivity index (χ0n) is 14.5. The molecule has 0 aliphatic carbocycles. The molecule has 1 amide bonds. The number of methoxy groups -OCH3 is 1. The number of nitrogens with one attached hydrogen (secondary N) is 1. The fourth-order valence-electron chi connectivity index (χ4n) is 3.30. The fourth-order valence-corrected chi connectivity index (χ4v) is 3.48. The lowest BCUT2D eigenvalue weighted by molar-refractivity contribution is -0.116. The van der Waals surface area contributed by atoms with Gasteiger partial charge in [0.25, 0.3) is 0 Å². The van der Waals surface area contributed by atoms with Crippen molar-refractivity contribution in [2.45, 2.75) is 19.3 Å². The lowest BCUT2D eigenvalue weighted by Gasteiger charge is -2.24. The molecule has 0 bridgehead atoms. The highest BCUT2D eigenvalue weighted by Crippen LogP contribution is 2.41. The number of halogens is 2. The van der Waals surface area contributed by atoms with Crippen LogP contribution in [0.25, 0.3) is 5.82 Å². The maximum absolute atomic E-state index is 14.5. The van der Waals surface area contributed by atoms with Crippen molar-refractivity contribution in [1.82, 2.24) is 20.0 Å². The summed E-state index contributed by atoms with van der Waals surface area (Å²) in [5.41, 5.74) is 1.75. The van der Waals surface area contributed by atoms with Gasteiger partial charge in [-0.05, 0) is 36.8 Å². The zero-order valence-corrected chi connectivity index (χ0v) is 15.3. The molecular weight excluding hydrogens is 373 g/mol. The van der Waals surface area contributed by atoms with Crippen molar-refractivity contribution in [2.24, 2.45) is 0 Å².